The molecule has 1 spiro atoms. The van der Waals surface area contributed by atoms with E-state index >= 15 is 0 Å². The molecular formula is C26H28ClN5O. The van der Waals surface area contributed by atoms with Gasteiger partial charge in [0.05, 0.1) is 5.69 Å². The maximum absolute atomic E-state index is 12.7. The first-order chi connectivity index (χ1) is 16.1. The van der Waals surface area contributed by atoms with Crippen molar-refractivity contribution in [1.82, 2.24) is 15.0 Å². The number of nitrogens with zero attached hydrogens (tertiary/aromatic N) is 4. The lowest BCUT2D eigenvalue weighted by Crippen LogP contribution is -2.46. The third kappa shape index (κ3) is 3.61. The molecule has 1 aromatic carbocycles. The van der Waals surface area contributed by atoms with E-state index in [1.54, 1.807) is 0 Å². The lowest BCUT2D eigenvalue weighted by molar-refractivity contribution is 0.347. The maximum atomic E-state index is 12.7. The molecule has 0 radical (unpaired) electrons. The number of aryl methyl sites for hydroxylation is 1. The van der Waals surface area contributed by atoms with Crippen LogP contribution in [0.4, 0.5) is 11.6 Å². The summed E-state index contributed by atoms with van der Waals surface area (Å²) in [5.41, 5.74) is 5.67. The zero-order valence-electron chi connectivity index (χ0n) is 18.7. The lowest BCUT2D eigenvalue weighted by atomic mass is 9.74. The van der Waals surface area contributed by atoms with Crippen molar-refractivity contribution >= 4 is 23.2 Å². The van der Waals surface area contributed by atoms with Gasteiger partial charge in [-0.2, -0.15) is 0 Å². The van der Waals surface area contributed by atoms with Gasteiger partial charge >= 0.3 is 0 Å². The first-order valence-electron chi connectivity index (χ1n) is 11.9. The van der Waals surface area contributed by atoms with E-state index in [1.165, 1.54) is 16.8 Å². The minimum absolute atomic E-state index is 0.0148. The minimum atomic E-state index is 0.0148. The second-order valence-electron chi connectivity index (χ2n) is 9.64. The second-order valence-corrected chi connectivity index (χ2v) is 10.0. The van der Waals surface area contributed by atoms with E-state index in [0.717, 1.165) is 86.9 Å². The Bertz CT molecular complexity index is 1230. The average molecular weight is 462 g/mol. The van der Waals surface area contributed by atoms with Crippen LogP contribution in [0.25, 0.3) is 0 Å². The molecule has 33 heavy (non-hydrogen) atoms. The van der Waals surface area contributed by atoms with Crippen molar-refractivity contribution in [2.45, 2.75) is 50.5 Å². The van der Waals surface area contributed by atoms with E-state index in [1.807, 2.05) is 30.6 Å². The third-order valence-electron chi connectivity index (χ3n) is 7.65. The van der Waals surface area contributed by atoms with Crippen LogP contribution in [0.2, 0.25) is 5.02 Å². The Labute approximate surface area is 198 Å². The molecule has 0 atom stereocenters. The molecule has 2 aliphatic heterocycles. The minimum Gasteiger partial charge on any atom is -0.366 e. The fourth-order valence-electron chi connectivity index (χ4n) is 5.98. The molecule has 1 aliphatic carbocycles. The van der Waals surface area contributed by atoms with E-state index in [2.05, 4.69) is 31.9 Å². The molecule has 3 aromatic rings. The molecule has 170 valence electrons. The molecule has 0 bridgehead atoms. The Kier molecular flexibility index (Phi) is 5.13. The number of halogens is 1. The van der Waals surface area contributed by atoms with E-state index in [0.29, 0.717) is 0 Å². The molecule has 3 aliphatic rings. The summed E-state index contributed by atoms with van der Waals surface area (Å²) in [7, 11) is 0. The number of pyridine rings is 1. The number of hydrogen-bond acceptors (Lipinski definition) is 5. The molecule has 4 heterocycles. The summed E-state index contributed by atoms with van der Waals surface area (Å²) in [5.74, 6) is 0.736. The van der Waals surface area contributed by atoms with Crippen molar-refractivity contribution in [2.24, 2.45) is 0 Å². The van der Waals surface area contributed by atoms with Crippen LogP contribution in [0.3, 0.4) is 0 Å². The summed E-state index contributed by atoms with van der Waals surface area (Å²) in [6, 6.07) is 10.4. The van der Waals surface area contributed by atoms with Gasteiger partial charge < -0.3 is 9.80 Å². The SMILES string of the molecule is O=c1[nH]c(N2CCC3(CC2)CN(Cc2cccnc2)c2cccc(Cl)c23)nc2c1CCCC2. The number of anilines is 2. The first-order valence-corrected chi connectivity index (χ1v) is 12.3. The van der Waals surface area contributed by atoms with Gasteiger partial charge in [-0.25, -0.2) is 4.98 Å². The highest BCUT2D eigenvalue weighted by atomic mass is 35.5. The van der Waals surface area contributed by atoms with Crippen LogP contribution >= 0.6 is 11.6 Å². The molecule has 0 saturated carbocycles. The number of fused-ring (bicyclic) bond motifs is 3. The Balaban J connectivity index is 1.27. The number of piperidine rings is 1. The molecule has 1 saturated heterocycles. The van der Waals surface area contributed by atoms with Crippen molar-refractivity contribution < 1.29 is 0 Å². The molecule has 0 amide bonds. The number of H-pyrrole nitrogens is 1. The van der Waals surface area contributed by atoms with Crippen LogP contribution < -0.4 is 15.4 Å². The monoisotopic (exact) mass is 461 g/mol. The number of aromatic amines is 1. The highest BCUT2D eigenvalue weighted by molar-refractivity contribution is 6.32. The summed E-state index contributed by atoms with van der Waals surface area (Å²) in [6.07, 6.45) is 9.68. The van der Waals surface area contributed by atoms with Gasteiger partial charge in [0, 0.05) is 65.8 Å². The van der Waals surface area contributed by atoms with Gasteiger partial charge in [0.1, 0.15) is 0 Å². The Morgan fingerprint density at radius 3 is 2.76 bits per heavy atom. The van der Waals surface area contributed by atoms with Crippen molar-refractivity contribution in [3.8, 4) is 0 Å². The van der Waals surface area contributed by atoms with Crippen LogP contribution in [0.15, 0.2) is 47.5 Å². The van der Waals surface area contributed by atoms with Crippen molar-refractivity contribution in [1.29, 1.82) is 0 Å². The smallest absolute Gasteiger partial charge is 0.255 e. The third-order valence-corrected chi connectivity index (χ3v) is 7.97. The highest BCUT2D eigenvalue weighted by Crippen LogP contribution is 2.50. The summed E-state index contributed by atoms with van der Waals surface area (Å²) in [6.45, 7) is 3.48. The van der Waals surface area contributed by atoms with Gasteiger partial charge in [-0.1, -0.05) is 23.7 Å². The molecule has 2 aromatic heterocycles. The van der Waals surface area contributed by atoms with Gasteiger partial charge in [0.25, 0.3) is 5.56 Å². The predicted octanol–water partition coefficient (Wildman–Crippen LogP) is 4.26. The molecular weight excluding hydrogens is 434 g/mol. The number of hydrogen-bond donors (Lipinski definition) is 1. The number of benzene rings is 1. The molecule has 6 rings (SSSR count). The number of aromatic nitrogens is 3. The second kappa shape index (κ2) is 8.17. The molecule has 7 heteroatoms. The van der Waals surface area contributed by atoms with Gasteiger partial charge in [-0.15, -0.1) is 0 Å². The van der Waals surface area contributed by atoms with Crippen LogP contribution in [-0.4, -0.2) is 34.6 Å². The zero-order valence-corrected chi connectivity index (χ0v) is 19.4. The number of nitrogens with one attached hydrogen (secondary N) is 1. The molecule has 1 N–H and O–H groups in total. The Morgan fingerprint density at radius 1 is 1.09 bits per heavy atom. The Hall–Kier alpha value is -2.86. The lowest BCUT2D eigenvalue weighted by Gasteiger charge is -2.40. The zero-order chi connectivity index (χ0) is 22.4. The normalized spacial score (nSPS) is 18.9. The van der Waals surface area contributed by atoms with Crippen molar-refractivity contribution in [3.63, 3.8) is 0 Å². The highest BCUT2D eigenvalue weighted by Gasteiger charge is 2.46. The largest absolute Gasteiger partial charge is 0.366 e. The first kappa shape index (κ1) is 20.7. The standard InChI is InChI=1S/C26H28ClN5O/c27-20-7-3-9-22-23(20)26(17-32(22)16-18-5-4-12-28-15-18)10-13-31(14-11-26)25-29-21-8-2-1-6-19(21)24(33)30-25/h3-5,7,9,12,15H,1-2,6,8,10-11,13-14,16-17H2,(H,29,30,33). The molecule has 1 fully saturated rings. The van der Waals surface area contributed by atoms with Crippen LogP contribution in [-0.2, 0) is 24.8 Å². The van der Waals surface area contributed by atoms with Crippen molar-refractivity contribution in [2.75, 3.05) is 29.4 Å². The summed E-state index contributed by atoms with van der Waals surface area (Å²) >= 11 is 6.80. The van der Waals surface area contributed by atoms with Crippen molar-refractivity contribution in [3.05, 3.63) is 80.5 Å². The van der Waals surface area contributed by atoms with Crippen LogP contribution in [0.5, 0.6) is 0 Å². The fourth-order valence-corrected chi connectivity index (χ4v) is 6.35. The predicted molar refractivity (Wildman–Crippen MR) is 131 cm³/mol. The van der Waals surface area contributed by atoms with E-state index < -0.39 is 0 Å². The summed E-state index contributed by atoms with van der Waals surface area (Å²) in [4.78, 5) is 29.6. The Morgan fingerprint density at radius 2 is 1.94 bits per heavy atom. The van der Waals surface area contributed by atoms with E-state index in [4.69, 9.17) is 16.6 Å². The summed E-state index contributed by atoms with van der Waals surface area (Å²) in [5, 5.41) is 0.856. The van der Waals surface area contributed by atoms with E-state index in [-0.39, 0.29) is 11.0 Å². The van der Waals surface area contributed by atoms with Gasteiger partial charge in [0.2, 0.25) is 5.95 Å². The number of rotatable bonds is 3. The topological polar surface area (TPSA) is 65.1 Å². The van der Waals surface area contributed by atoms with Crippen LogP contribution in [0.1, 0.15) is 48.1 Å². The average Bonchev–Trinajstić information content (AvgIpc) is 3.14. The van der Waals surface area contributed by atoms with Gasteiger partial charge in [0.15, 0.2) is 0 Å². The molecule has 0 unspecified atom stereocenters. The van der Waals surface area contributed by atoms with Gasteiger partial charge in [-0.3, -0.25) is 14.8 Å². The molecule has 6 nitrogen and oxygen atoms in total. The quantitative estimate of drug-likeness (QED) is 0.631. The maximum Gasteiger partial charge on any atom is 0.255 e. The summed E-state index contributed by atoms with van der Waals surface area (Å²) < 4.78 is 0. The van der Waals surface area contributed by atoms with Crippen LogP contribution in [0, 0.1) is 0 Å². The van der Waals surface area contributed by atoms with E-state index in [9.17, 15) is 4.79 Å². The van der Waals surface area contributed by atoms with Gasteiger partial charge in [-0.05, 0) is 62.3 Å². The fraction of sp³-hybridized carbons (Fsp3) is 0.423.